The second-order valence-corrected chi connectivity index (χ2v) is 5.19. The molecule has 0 bridgehead atoms. The van der Waals surface area contributed by atoms with E-state index >= 15 is 0 Å². The van der Waals surface area contributed by atoms with Crippen LogP contribution in [0.3, 0.4) is 0 Å². The van der Waals surface area contributed by atoms with Gasteiger partial charge in [0.2, 0.25) is 0 Å². The van der Waals surface area contributed by atoms with Gasteiger partial charge in [-0.15, -0.1) is 0 Å². The van der Waals surface area contributed by atoms with Crippen LogP contribution in [-0.2, 0) is 6.54 Å². The molecule has 1 N–H and O–H groups in total. The molecule has 0 radical (unpaired) electrons. The Balaban J connectivity index is 2.28. The molecule has 0 heterocycles. The third-order valence-corrected chi connectivity index (χ3v) is 3.14. The van der Waals surface area contributed by atoms with Gasteiger partial charge in [0.25, 0.3) is 0 Å². The molecular formula is C14H13BrClNO. The summed E-state index contributed by atoms with van der Waals surface area (Å²) in [4.78, 5) is 0. The number of rotatable bonds is 4. The number of halogens is 2. The predicted molar refractivity (Wildman–Crippen MR) is 78.4 cm³/mol. The van der Waals surface area contributed by atoms with Gasteiger partial charge in [-0.1, -0.05) is 33.6 Å². The van der Waals surface area contributed by atoms with E-state index in [4.69, 9.17) is 16.3 Å². The summed E-state index contributed by atoms with van der Waals surface area (Å²) in [5.41, 5.74) is 1.03. The second-order valence-electron chi connectivity index (χ2n) is 3.84. The fourth-order valence-electron chi connectivity index (χ4n) is 1.63. The van der Waals surface area contributed by atoms with Crippen molar-refractivity contribution in [2.45, 2.75) is 6.54 Å². The van der Waals surface area contributed by atoms with Crippen LogP contribution in [-0.4, -0.2) is 7.05 Å². The smallest absolute Gasteiger partial charge is 0.132 e. The van der Waals surface area contributed by atoms with Gasteiger partial charge in [-0.2, -0.15) is 0 Å². The lowest BCUT2D eigenvalue weighted by Gasteiger charge is -2.11. The van der Waals surface area contributed by atoms with Crippen molar-refractivity contribution >= 4 is 27.5 Å². The zero-order valence-corrected chi connectivity index (χ0v) is 12.3. The Morgan fingerprint density at radius 1 is 1.22 bits per heavy atom. The van der Waals surface area contributed by atoms with Crippen LogP contribution in [0.15, 0.2) is 46.9 Å². The SMILES string of the molecule is CNCc1cc(Cl)ccc1Oc1cccc(Br)c1. The van der Waals surface area contributed by atoms with Gasteiger partial charge in [-0.25, -0.2) is 0 Å². The van der Waals surface area contributed by atoms with Crippen LogP contribution < -0.4 is 10.1 Å². The van der Waals surface area contributed by atoms with Crippen molar-refractivity contribution in [1.29, 1.82) is 0 Å². The quantitative estimate of drug-likeness (QED) is 0.885. The van der Waals surface area contributed by atoms with Crippen LogP contribution in [0, 0.1) is 0 Å². The fourth-order valence-corrected chi connectivity index (χ4v) is 2.21. The number of ether oxygens (including phenoxy) is 1. The first-order chi connectivity index (χ1) is 8.69. The molecule has 0 aliphatic heterocycles. The Morgan fingerprint density at radius 3 is 2.78 bits per heavy atom. The van der Waals surface area contributed by atoms with E-state index in [1.54, 1.807) is 0 Å². The van der Waals surface area contributed by atoms with Crippen molar-refractivity contribution in [1.82, 2.24) is 5.32 Å². The molecule has 0 atom stereocenters. The Kier molecular flexibility index (Phi) is 4.64. The monoisotopic (exact) mass is 325 g/mol. The molecule has 0 aromatic heterocycles. The molecule has 0 aliphatic rings. The highest BCUT2D eigenvalue weighted by Crippen LogP contribution is 2.29. The van der Waals surface area contributed by atoms with E-state index in [1.165, 1.54) is 0 Å². The minimum Gasteiger partial charge on any atom is -0.457 e. The lowest BCUT2D eigenvalue weighted by atomic mass is 10.2. The molecule has 2 rings (SSSR count). The molecule has 0 aliphatic carbocycles. The van der Waals surface area contributed by atoms with Crippen LogP contribution in [0.25, 0.3) is 0 Å². The lowest BCUT2D eigenvalue weighted by molar-refractivity contribution is 0.474. The third-order valence-electron chi connectivity index (χ3n) is 2.41. The average molecular weight is 327 g/mol. The van der Waals surface area contributed by atoms with E-state index in [0.717, 1.165) is 21.5 Å². The minimum atomic E-state index is 0.710. The number of nitrogens with one attached hydrogen (secondary N) is 1. The summed E-state index contributed by atoms with van der Waals surface area (Å²) in [7, 11) is 1.89. The van der Waals surface area contributed by atoms with E-state index in [0.29, 0.717) is 11.6 Å². The van der Waals surface area contributed by atoms with Crippen LogP contribution in [0.5, 0.6) is 11.5 Å². The van der Waals surface area contributed by atoms with E-state index in [1.807, 2.05) is 49.5 Å². The van der Waals surface area contributed by atoms with Crippen molar-refractivity contribution in [2.24, 2.45) is 0 Å². The topological polar surface area (TPSA) is 21.3 Å². The Hall–Kier alpha value is -1.03. The van der Waals surface area contributed by atoms with E-state index in [-0.39, 0.29) is 0 Å². The average Bonchev–Trinajstić information content (AvgIpc) is 2.33. The molecule has 2 aromatic carbocycles. The van der Waals surface area contributed by atoms with Gasteiger partial charge in [-0.3, -0.25) is 0 Å². The molecule has 0 spiro atoms. The van der Waals surface area contributed by atoms with Gasteiger partial charge < -0.3 is 10.1 Å². The third kappa shape index (κ3) is 3.48. The second kappa shape index (κ2) is 6.23. The van der Waals surface area contributed by atoms with Crippen molar-refractivity contribution in [3.63, 3.8) is 0 Å². The van der Waals surface area contributed by atoms with E-state index in [9.17, 15) is 0 Å². The van der Waals surface area contributed by atoms with Crippen LogP contribution in [0.4, 0.5) is 0 Å². The molecule has 2 nitrogen and oxygen atoms in total. The van der Waals surface area contributed by atoms with Gasteiger partial charge in [0.05, 0.1) is 0 Å². The van der Waals surface area contributed by atoms with E-state index in [2.05, 4.69) is 21.2 Å². The number of benzene rings is 2. The Bertz CT molecular complexity index is 545. The van der Waals surface area contributed by atoms with Crippen molar-refractivity contribution in [3.05, 3.63) is 57.5 Å². The van der Waals surface area contributed by atoms with Crippen molar-refractivity contribution in [3.8, 4) is 11.5 Å². The molecule has 94 valence electrons. The van der Waals surface area contributed by atoms with Gasteiger partial charge >= 0.3 is 0 Å². The molecule has 18 heavy (non-hydrogen) atoms. The molecule has 0 saturated heterocycles. The first-order valence-electron chi connectivity index (χ1n) is 5.55. The highest BCUT2D eigenvalue weighted by molar-refractivity contribution is 9.10. The maximum absolute atomic E-state index is 5.99. The van der Waals surface area contributed by atoms with E-state index < -0.39 is 0 Å². The van der Waals surface area contributed by atoms with Crippen LogP contribution in [0.1, 0.15) is 5.56 Å². The largest absolute Gasteiger partial charge is 0.457 e. The summed E-state index contributed by atoms with van der Waals surface area (Å²) >= 11 is 9.41. The zero-order valence-electron chi connectivity index (χ0n) is 9.91. The maximum Gasteiger partial charge on any atom is 0.132 e. The fraction of sp³-hybridized carbons (Fsp3) is 0.143. The standard InChI is InChI=1S/C14H13BrClNO/c1-17-9-10-7-12(16)5-6-14(10)18-13-4-2-3-11(15)8-13/h2-8,17H,9H2,1H3. The predicted octanol–water partition coefficient (Wildman–Crippen LogP) is 4.61. The number of hydrogen-bond donors (Lipinski definition) is 1. The molecule has 0 unspecified atom stereocenters. The van der Waals surface area contributed by atoms with Gasteiger partial charge in [-0.05, 0) is 43.4 Å². The first kappa shape index (κ1) is 13.4. The summed E-state index contributed by atoms with van der Waals surface area (Å²) in [6.07, 6.45) is 0. The highest BCUT2D eigenvalue weighted by atomic mass is 79.9. The van der Waals surface area contributed by atoms with Crippen molar-refractivity contribution in [2.75, 3.05) is 7.05 Å². The molecule has 0 amide bonds. The summed E-state index contributed by atoms with van der Waals surface area (Å²) in [6.45, 7) is 0.712. The molecule has 4 heteroatoms. The van der Waals surface area contributed by atoms with Gasteiger partial charge in [0.1, 0.15) is 11.5 Å². The molecule has 2 aromatic rings. The minimum absolute atomic E-state index is 0.710. The number of hydrogen-bond acceptors (Lipinski definition) is 2. The summed E-state index contributed by atoms with van der Waals surface area (Å²) in [5, 5.41) is 3.81. The summed E-state index contributed by atoms with van der Waals surface area (Å²) in [5.74, 6) is 1.61. The van der Waals surface area contributed by atoms with Gasteiger partial charge in [0.15, 0.2) is 0 Å². The summed E-state index contributed by atoms with van der Waals surface area (Å²) < 4.78 is 6.86. The van der Waals surface area contributed by atoms with Gasteiger partial charge in [0, 0.05) is 21.6 Å². The normalized spacial score (nSPS) is 10.4. The Morgan fingerprint density at radius 2 is 2.06 bits per heavy atom. The van der Waals surface area contributed by atoms with Crippen LogP contribution >= 0.6 is 27.5 Å². The first-order valence-corrected chi connectivity index (χ1v) is 6.72. The van der Waals surface area contributed by atoms with Crippen molar-refractivity contribution < 1.29 is 4.74 Å². The summed E-state index contributed by atoms with van der Waals surface area (Å²) in [6, 6.07) is 13.4. The van der Waals surface area contributed by atoms with Crippen LogP contribution in [0.2, 0.25) is 5.02 Å². The molecule has 0 saturated carbocycles. The highest BCUT2D eigenvalue weighted by Gasteiger charge is 2.05. The zero-order chi connectivity index (χ0) is 13.0. The Labute approximate surface area is 120 Å². The lowest BCUT2D eigenvalue weighted by Crippen LogP contribution is -2.06. The molecule has 0 fully saturated rings. The molecular weight excluding hydrogens is 314 g/mol. The maximum atomic E-state index is 5.99.